The minimum atomic E-state index is -0.325. The smallest absolute Gasteiger partial charge is 0.236 e. The van der Waals surface area contributed by atoms with E-state index in [1.165, 1.54) is 35.2 Å². The van der Waals surface area contributed by atoms with Crippen LogP contribution in [0.15, 0.2) is 71.2 Å². The summed E-state index contributed by atoms with van der Waals surface area (Å²) in [6.07, 6.45) is 0. The number of anilines is 1. The topological polar surface area (TPSA) is 72.7 Å². The third-order valence-corrected chi connectivity index (χ3v) is 7.34. The second-order valence-corrected chi connectivity index (χ2v) is 9.74. The second kappa shape index (κ2) is 9.19. The molecule has 0 aliphatic carbocycles. The van der Waals surface area contributed by atoms with Gasteiger partial charge in [-0.2, -0.15) is 0 Å². The number of halogens is 1. The van der Waals surface area contributed by atoms with E-state index in [2.05, 4.69) is 32.6 Å². The van der Waals surface area contributed by atoms with Crippen LogP contribution in [0.5, 0.6) is 0 Å². The highest BCUT2D eigenvalue weighted by Crippen LogP contribution is 2.29. The summed E-state index contributed by atoms with van der Waals surface area (Å²) >= 11 is 4.16. The van der Waals surface area contributed by atoms with E-state index >= 15 is 0 Å². The third-order valence-electron chi connectivity index (χ3n) is 4.57. The number of amides is 1. The van der Waals surface area contributed by atoms with Gasteiger partial charge in [0.2, 0.25) is 5.91 Å². The van der Waals surface area contributed by atoms with Crippen molar-refractivity contribution in [2.75, 3.05) is 11.1 Å². The fourth-order valence-corrected chi connectivity index (χ4v) is 5.49. The van der Waals surface area contributed by atoms with Gasteiger partial charge < -0.3 is 5.32 Å². The first-order chi connectivity index (χ1) is 15.7. The fraction of sp³-hybridized carbons (Fsp3) is 0.0909. The molecule has 0 spiro atoms. The Hall–Kier alpha value is -3.08. The van der Waals surface area contributed by atoms with Crippen molar-refractivity contribution in [2.45, 2.75) is 11.7 Å². The average molecular weight is 482 g/mol. The summed E-state index contributed by atoms with van der Waals surface area (Å²) in [7, 11) is 0. The van der Waals surface area contributed by atoms with Crippen molar-refractivity contribution in [1.82, 2.24) is 19.7 Å². The number of thioether (sulfide) groups is 1. The number of nitrogens with zero attached hydrogens (tertiary/aromatic N) is 4. The summed E-state index contributed by atoms with van der Waals surface area (Å²) in [6.45, 7) is 0.606. The van der Waals surface area contributed by atoms with Crippen molar-refractivity contribution in [3.8, 4) is 10.7 Å². The zero-order valence-electron chi connectivity index (χ0n) is 16.6. The van der Waals surface area contributed by atoms with Crippen LogP contribution in [0.4, 0.5) is 9.52 Å². The normalized spacial score (nSPS) is 11.2. The summed E-state index contributed by atoms with van der Waals surface area (Å²) in [4.78, 5) is 17.9. The lowest BCUT2D eigenvalue weighted by Gasteiger charge is -2.09. The Morgan fingerprint density at radius 1 is 1.09 bits per heavy atom. The van der Waals surface area contributed by atoms with Crippen LogP contribution in [0, 0.1) is 5.82 Å². The molecule has 6 nitrogen and oxygen atoms in total. The van der Waals surface area contributed by atoms with Gasteiger partial charge in [-0.3, -0.25) is 9.36 Å². The van der Waals surface area contributed by atoms with E-state index < -0.39 is 0 Å². The summed E-state index contributed by atoms with van der Waals surface area (Å²) in [5.41, 5.74) is 1.78. The van der Waals surface area contributed by atoms with Crippen molar-refractivity contribution >= 4 is 55.7 Å². The van der Waals surface area contributed by atoms with Crippen LogP contribution >= 0.6 is 34.4 Å². The summed E-state index contributed by atoms with van der Waals surface area (Å²) in [5.74, 6) is 0.400. The number of carbonyl (C=O) groups excluding carboxylic acids is 1. The van der Waals surface area contributed by atoms with Gasteiger partial charge in [0, 0.05) is 0 Å². The molecule has 10 heteroatoms. The highest BCUT2D eigenvalue weighted by molar-refractivity contribution is 7.99. The van der Waals surface area contributed by atoms with Gasteiger partial charge in [0.05, 0.1) is 27.4 Å². The Labute approximate surface area is 195 Å². The lowest BCUT2D eigenvalue weighted by atomic mass is 10.2. The lowest BCUT2D eigenvalue weighted by Crippen LogP contribution is -2.14. The second-order valence-electron chi connectivity index (χ2n) is 6.82. The Balaban J connectivity index is 1.32. The van der Waals surface area contributed by atoms with E-state index in [0.717, 1.165) is 16.3 Å². The van der Waals surface area contributed by atoms with Crippen molar-refractivity contribution in [3.63, 3.8) is 0 Å². The van der Waals surface area contributed by atoms with E-state index in [0.29, 0.717) is 27.0 Å². The SMILES string of the molecule is O=C(CSc1nnc(-c2cccs2)n1Cc1ccccc1)Nc1nc2ccc(F)cc2s1. The molecule has 5 rings (SSSR count). The zero-order valence-corrected chi connectivity index (χ0v) is 19.0. The first-order valence-corrected chi connectivity index (χ1v) is 12.3. The average Bonchev–Trinajstić information content (AvgIpc) is 3.52. The molecule has 160 valence electrons. The van der Waals surface area contributed by atoms with Crippen LogP contribution in [-0.4, -0.2) is 31.4 Å². The van der Waals surface area contributed by atoms with Crippen molar-refractivity contribution in [2.24, 2.45) is 0 Å². The van der Waals surface area contributed by atoms with Gasteiger partial charge in [0.25, 0.3) is 0 Å². The van der Waals surface area contributed by atoms with Gasteiger partial charge in [-0.1, -0.05) is 59.5 Å². The molecular weight excluding hydrogens is 465 g/mol. The highest BCUT2D eigenvalue weighted by atomic mass is 32.2. The molecule has 0 fully saturated rings. The van der Waals surface area contributed by atoms with Crippen LogP contribution in [0.3, 0.4) is 0 Å². The van der Waals surface area contributed by atoms with Gasteiger partial charge in [-0.05, 0) is 35.2 Å². The van der Waals surface area contributed by atoms with Crippen LogP contribution in [-0.2, 0) is 11.3 Å². The number of thiazole rings is 1. The molecule has 0 atom stereocenters. The Bertz CT molecular complexity index is 1370. The molecule has 5 aromatic rings. The van der Waals surface area contributed by atoms with Crippen LogP contribution in [0.2, 0.25) is 0 Å². The van der Waals surface area contributed by atoms with E-state index in [9.17, 15) is 9.18 Å². The minimum absolute atomic E-state index is 0.154. The predicted octanol–water partition coefficient (Wildman–Crippen LogP) is 5.53. The molecule has 1 amide bonds. The fourth-order valence-electron chi connectivity index (χ4n) is 3.13. The number of hydrogen-bond donors (Lipinski definition) is 1. The van der Waals surface area contributed by atoms with E-state index in [1.807, 2.05) is 40.3 Å². The molecule has 32 heavy (non-hydrogen) atoms. The maximum Gasteiger partial charge on any atom is 0.236 e. The Morgan fingerprint density at radius 3 is 2.78 bits per heavy atom. The molecule has 1 N–H and O–H groups in total. The number of benzene rings is 2. The van der Waals surface area contributed by atoms with Crippen LogP contribution in [0.1, 0.15) is 5.56 Å². The molecule has 0 bridgehead atoms. The summed E-state index contributed by atoms with van der Waals surface area (Å²) in [6, 6.07) is 18.4. The number of nitrogens with one attached hydrogen (secondary N) is 1. The molecule has 0 saturated carbocycles. The molecule has 3 heterocycles. The van der Waals surface area contributed by atoms with Crippen molar-refractivity contribution in [3.05, 3.63) is 77.4 Å². The molecule has 3 aromatic heterocycles. The Morgan fingerprint density at radius 2 is 1.97 bits per heavy atom. The maximum absolute atomic E-state index is 13.4. The Kier molecular flexibility index (Phi) is 5.97. The first kappa shape index (κ1) is 20.8. The van der Waals surface area contributed by atoms with Crippen molar-refractivity contribution in [1.29, 1.82) is 0 Å². The number of aromatic nitrogens is 4. The molecule has 2 aromatic carbocycles. The monoisotopic (exact) mass is 481 g/mol. The predicted molar refractivity (Wildman–Crippen MR) is 128 cm³/mol. The quantitative estimate of drug-likeness (QED) is 0.309. The zero-order chi connectivity index (χ0) is 21.9. The van der Waals surface area contributed by atoms with Crippen LogP contribution < -0.4 is 5.32 Å². The van der Waals surface area contributed by atoms with Crippen molar-refractivity contribution < 1.29 is 9.18 Å². The minimum Gasteiger partial charge on any atom is -0.301 e. The number of carbonyl (C=O) groups is 1. The molecule has 0 unspecified atom stereocenters. The van der Waals surface area contributed by atoms with Gasteiger partial charge >= 0.3 is 0 Å². The van der Waals surface area contributed by atoms with E-state index in [-0.39, 0.29) is 17.5 Å². The molecule has 0 aliphatic rings. The third kappa shape index (κ3) is 4.57. The highest BCUT2D eigenvalue weighted by Gasteiger charge is 2.17. The van der Waals surface area contributed by atoms with E-state index in [1.54, 1.807) is 17.4 Å². The van der Waals surface area contributed by atoms with Gasteiger partial charge in [-0.25, -0.2) is 9.37 Å². The van der Waals surface area contributed by atoms with Gasteiger partial charge in [0.1, 0.15) is 5.82 Å². The van der Waals surface area contributed by atoms with Gasteiger partial charge in [-0.15, -0.1) is 21.5 Å². The maximum atomic E-state index is 13.4. The first-order valence-electron chi connectivity index (χ1n) is 9.65. The molecule has 0 aliphatic heterocycles. The standard InChI is InChI=1S/C22H16FN5OS3/c23-15-8-9-16-18(11-15)32-21(24-16)25-19(29)13-31-22-27-26-20(17-7-4-10-30-17)28(22)12-14-5-2-1-3-6-14/h1-11H,12-13H2,(H,24,25,29). The number of thiophene rings is 1. The molecule has 0 saturated heterocycles. The summed E-state index contributed by atoms with van der Waals surface area (Å²) < 4.78 is 16.1. The number of fused-ring (bicyclic) bond motifs is 1. The lowest BCUT2D eigenvalue weighted by molar-refractivity contribution is -0.113. The number of hydrogen-bond acceptors (Lipinski definition) is 7. The summed E-state index contributed by atoms with van der Waals surface area (Å²) in [5, 5.41) is 14.6. The van der Waals surface area contributed by atoms with Gasteiger partial charge in [0.15, 0.2) is 16.1 Å². The van der Waals surface area contributed by atoms with E-state index in [4.69, 9.17) is 0 Å². The largest absolute Gasteiger partial charge is 0.301 e. The van der Waals surface area contributed by atoms with Crippen LogP contribution in [0.25, 0.3) is 20.9 Å². The molecule has 0 radical (unpaired) electrons. The number of rotatable bonds is 7. The molecular formula is C22H16FN5OS3.